The van der Waals surface area contributed by atoms with Crippen LogP contribution in [0.4, 0.5) is 0 Å². The number of rotatable bonds is 24. The van der Waals surface area contributed by atoms with Crippen LogP contribution in [0.1, 0.15) is 101 Å². The molecule has 10 heteroatoms. The van der Waals surface area contributed by atoms with Crippen molar-refractivity contribution in [2.45, 2.75) is 173 Å². The summed E-state index contributed by atoms with van der Waals surface area (Å²) in [5, 5.41) is -0.0159. The monoisotopic (exact) mass is 1010 g/mol. The van der Waals surface area contributed by atoms with Crippen LogP contribution in [0.5, 0.6) is 5.75 Å². The molecule has 9 atom stereocenters. The first-order valence-corrected chi connectivity index (χ1v) is 29.3. The van der Waals surface area contributed by atoms with Gasteiger partial charge in [0.2, 0.25) is 0 Å². The smallest absolute Gasteiger partial charge is 0.192 e. The Kier molecular flexibility index (Phi) is 20.5. The van der Waals surface area contributed by atoms with Crippen molar-refractivity contribution in [3.05, 3.63) is 173 Å². The average molecular weight is 1010 g/mol. The second kappa shape index (κ2) is 26.7. The van der Waals surface area contributed by atoms with Crippen LogP contribution in [-0.2, 0) is 70.6 Å². The van der Waals surface area contributed by atoms with Crippen LogP contribution >= 0.6 is 0 Å². The first kappa shape index (κ1) is 56.1. The second-order valence-corrected chi connectivity index (χ2v) is 26.8. The molecule has 0 aliphatic carbocycles. The summed E-state index contributed by atoms with van der Waals surface area (Å²) >= 11 is 0. The van der Waals surface area contributed by atoms with Crippen LogP contribution < -0.4 is 4.74 Å². The molecule has 7 rings (SSSR count). The number of hydrogen-bond acceptors (Lipinski definition) is 9. The van der Waals surface area contributed by atoms with Crippen molar-refractivity contribution in [2.24, 2.45) is 5.92 Å². The van der Waals surface area contributed by atoms with E-state index in [1.165, 1.54) is 0 Å². The highest BCUT2D eigenvalue weighted by molar-refractivity contribution is 6.74. The lowest BCUT2D eigenvalue weighted by Gasteiger charge is -2.52. The average Bonchev–Trinajstić information content (AvgIpc) is 3.39. The zero-order valence-electron chi connectivity index (χ0n) is 45.1. The van der Waals surface area contributed by atoms with Crippen molar-refractivity contribution in [3.63, 3.8) is 0 Å². The Hall–Kier alpha value is -4.64. The summed E-state index contributed by atoms with van der Waals surface area (Å²) in [6.07, 6.45) is 1.33. The summed E-state index contributed by atoms with van der Waals surface area (Å²) in [5.41, 5.74) is 3.99. The fourth-order valence-electron chi connectivity index (χ4n) is 9.40. The molecular formula is C63H82O9Si. The van der Waals surface area contributed by atoms with Crippen LogP contribution in [0.15, 0.2) is 146 Å². The zero-order chi connectivity index (χ0) is 51.7. The minimum absolute atomic E-state index is 0.0159. The molecule has 2 fully saturated rings. The van der Waals surface area contributed by atoms with Crippen LogP contribution in [0.3, 0.4) is 0 Å². The highest BCUT2D eigenvalue weighted by Gasteiger charge is 2.52. The third-order valence-corrected chi connectivity index (χ3v) is 19.6. The second-order valence-electron chi connectivity index (χ2n) is 22.0. The van der Waals surface area contributed by atoms with Crippen molar-refractivity contribution in [1.29, 1.82) is 0 Å². The van der Waals surface area contributed by atoms with E-state index in [1.807, 2.05) is 72.8 Å². The van der Waals surface area contributed by atoms with E-state index in [-0.39, 0.29) is 47.6 Å². The Morgan fingerprint density at radius 3 is 1.55 bits per heavy atom. The van der Waals surface area contributed by atoms with Crippen molar-refractivity contribution in [3.8, 4) is 17.6 Å². The molecular weight excluding hydrogens is 929 g/mol. The van der Waals surface area contributed by atoms with E-state index < -0.39 is 19.5 Å². The fourth-order valence-corrected chi connectivity index (χ4v) is 10.8. The van der Waals surface area contributed by atoms with Gasteiger partial charge in [-0.1, -0.05) is 161 Å². The maximum atomic E-state index is 7.46. The predicted octanol–water partition coefficient (Wildman–Crippen LogP) is 13.5. The fraction of sp³-hybridized carbons (Fsp3) is 0.492. The van der Waals surface area contributed by atoms with E-state index in [0.29, 0.717) is 71.9 Å². The molecule has 0 spiro atoms. The minimum Gasteiger partial charge on any atom is -0.497 e. The third-order valence-electron chi connectivity index (χ3n) is 15.1. The number of methoxy groups -OCH3 is 1. The molecule has 0 saturated carbocycles. The van der Waals surface area contributed by atoms with Gasteiger partial charge in [0.25, 0.3) is 0 Å². The van der Waals surface area contributed by atoms with Gasteiger partial charge >= 0.3 is 0 Å². The van der Waals surface area contributed by atoms with E-state index >= 15 is 0 Å². The molecule has 2 heterocycles. The Balaban J connectivity index is 1.14. The Morgan fingerprint density at radius 1 is 0.575 bits per heavy atom. The Bertz CT molecular complexity index is 2420. The molecule has 392 valence electrons. The molecule has 0 amide bonds. The van der Waals surface area contributed by atoms with Gasteiger partial charge in [0.05, 0.1) is 77.3 Å². The lowest BCUT2D eigenvalue weighted by atomic mass is 9.82. The molecule has 2 saturated heterocycles. The lowest BCUT2D eigenvalue weighted by molar-refractivity contribution is -0.253. The molecule has 0 bridgehead atoms. The summed E-state index contributed by atoms with van der Waals surface area (Å²) in [6.45, 7) is 21.4. The van der Waals surface area contributed by atoms with Gasteiger partial charge in [-0.05, 0) is 84.3 Å². The Morgan fingerprint density at radius 2 is 1.03 bits per heavy atom. The minimum atomic E-state index is -2.29. The first-order valence-electron chi connectivity index (χ1n) is 26.4. The maximum absolute atomic E-state index is 7.46. The molecule has 5 aromatic carbocycles. The quantitative estimate of drug-likeness (QED) is 0.0341. The van der Waals surface area contributed by atoms with Gasteiger partial charge in [-0.2, -0.15) is 0 Å². The predicted molar refractivity (Wildman–Crippen MR) is 292 cm³/mol. The van der Waals surface area contributed by atoms with Gasteiger partial charge in [-0.25, -0.2) is 0 Å². The van der Waals surface area contributed by atoms with Crippen LogP contribution in [0.2, 0.25) is 18.1 Å². The number of hydrogen-bond donors (Lipinski definition) is 0. The number of benzene rings is 5. The van der Waals surface area contributed by atoms with Crippen LogP contribution in [0.25, 0.3) is 0 Å². The van der Waals surface area contributed by atoms with Gasteiger partial charge in [-0.15, -0.1) is 11.8 Å². The third kappa shape index (κ3) is 16.4. The normalized spacial score (nSPS) is 24.8. The summed E-state index contributed by atoms with van der Waals surface area (Å²) in [4.78, 5) is 0. The van der Waals surface area contributed by atoms with Crippen molar-refractivity contribution >= 4 is 8.32 Å². The highest BCUT2D eigenvalue weighted by Crippen LogP contribution is 2.45. The molecule has 0 aromatic heterocycles. The van der Waals surface area contributed by atoms with Gasteiger partial charge in [0, 0.05) is 32.3 Å². The molecule has 2 aliphatic rings. The van der Waals surface area contributed by atoms with Crippen molar-refractivity contribution in [2.75, 3.05) is 20.3 Å². The van der Waals surface area contributed by atoms with E-state index in [1.54, 1.807) is 7.11 Å². The molecule has 0 radical (unpaired) electrons. The summed E-state index contributed by atoms with van der Waals surface area (Å²) in [5.74, 6) is 8.22. The molecule has 73 heavy (non-hydrogen) atoms. The standard InChI is InChI=1S/C63H82O9Si/c1-48(36-39-65-42-49-24-14-10-15-25-49)60-56(68-45-52-30-20-13-21-31-52)41-59(72-73(8,9)61(2,3)4)63(6,71-60)38-23-22-37-62(5)58(69-46-53-32-34-54(64-7)35-33-53)40-55(67-44-51-28-18-12-19-29-51)57(70-62)47-66-43-50-26-16-11-17-27-50/h10-21,24-35,48,55-60H,36-47H2,1-9H3/t48-,55-,56+,57+,58+,59-,60-,62-,63+/m0/s1. The Labute approximate surface area is 438 Å². The molecule has 9 nitrogen and oxygen atoms in total. The SMILES string of the molecule is COc1ccc(CO[C@@H]2C[C@H](OCc3ccccc3)[C@@H](COCc3ccccc3)O[C@@]2(C)CC#CC[C@@]2(C)O[C@@H]([C@@H](C)CCOCc3ccccc3)[C@H](OCc3ccccc3)C[C@@H]2O[Si](C)(C)C(C)(C)C)cc1. The topological polar surface area (TPSA) is 83.1 Å². The summed E-state index contributed by atoms with van der Waals surface area (Å²) in [6, 6.07) is 49.3. The van der Waals surface area contributed by atoms with Crippen molar-refractivity contribution in [1.82, 2.24) is 0 Å². The summed E-state index contributed by atoms with van der Waals surface area (Å²) in [7, 11) is -0.612. The van der Waals surface area contributed by atoms with Gasteiger partial charge < -0.3 is 42.3 Å². The lowest BCUT2D eigenvalue weighted by Crippen LogP contribution is -2.61. The van der Waals surface area contributed by atoms with Gasteiger partial charge in [-0.3, -0.25) is 0 Å². The maximum Gasteiger partial charge on any atom is 0.192 e. The van der Waals surface area contributed by atoms with E-state index in [0.717, 1.165) is 40.0 Å². The van der Waals surface area contributed by atoms with Crippen molar-refractivity contribution < 1.29 is 42.3 Å². The largest absolute Gasteiger partial charge is 0.497 e. The molecule has 2 aliphatic heterocycles. The van der Waals surface area contributed by atoms with Crippen LogP contribution in [0, 0.1) is 17.8 Å². The van der Waals surface area contributed by atoms with E-state index in [2.05, 4.69) is 139 Å². The van der Waals surface area contributed by atoms with Gasteiger partial charge in [0.1, 0.15) is 23.1 Å². The first-order chi connectivity index (χ1) is 35.1. The van der Waals surface area contributed by atoms with Crippen LogP contribution in [-0.4, -0.2) is 76.5 Å². The molecule has 5 aromatic rings. The summed E-state index contributed by atoms with van der Waals surface area (Å²) < 4.78 is 60.7. The van der Waals surface area contributed by atoms with Gasteiger partial charge in [0.15, 0.2) is 8.32 Å². The number of ether oxygens (including phenoxy) is 8. The highest BCUT2D eigenvalue weighted by atomic mass is 28.4. The zero-order valence-corrected chi connectivity index (χ0v) is 46.1. The molecule has 0 unspecified atom stereocenters. The van der Waals surface area contributed by atoms with E-state index in [9.17, 15) is 0 Å². The molecule has 0 N–H and O–H groups in total. The van der Waals surface area contributed by atoms with E-state index in [4.69, 9.17) is 42.3 Å².